The Kier molecular flexibility index (Phi) is 9.19. The van der Waals surface area contributed by atoms with E-state index in [0.29, 0.717) is 0 Å². The molecule has 1 aliphatic heterocycles. The summed E-state index contributed by atoms with van der Waals surface area (Å²) >= 11 is 0. The van der Waals surface area contributed by atoms with Gasteiger partial charge in [-0.05, 0) is 27.2 Å². The molecule has 0 saturated carbocycles. The summed E-state index contributed by atoms with van der Waals surface area (Å²) in [4.78, 5) is 19.7. The number of guanidine groups is 1. The molecule has 1 amide bonds. The van der Waals surface area contributed by atoms with Crippen molar-refractivity contribution in [2.75, 3.05) is 33.7 Å². The highest BCUT2D eigenvalue weighted by Crippen LogP contribution is 2.19. The molecule has 0 aliphatic carbocycles. The molecule has 1 rings (SSSR count). The first-order valence-electron chi connectivity index (χ1n) is 7.25. The predicted octanol–water partition coefficient (Wildman–Crippen LogP) is 0.749. The van der Waals surface area contributed by atoms with Gasteiger partial charge in [0.15, 0.2) is 5.96 Å². The molecule has 1 fully saturated rings. The first kappa shape index (κ1) is 20.4. The van der Waals surface area contributed by atoms with Crippen molar-refractivity contribution >= 4 is 35.8 Å². The number of likely N-dealkylation sites (tertiary alicyclic amines) is 1. The number of carbonyl (C=O) groups is 1. The van der Waals surface area contributed by atoms with Gasteiger partial charge < -0.3 is 20.2 Å². The van der Waals surface area contributed by atoms with E-state index in [9.17, 15) is 9.90 Å². The molecule has 0 spiro atoms. The molecule has 7 heteroatoms. The van der Waals surface area contributed by atoms with E-state index in [2.05, 4.69) is 15.2 Å². The molecular weight excluding hydrogens is 383 g/mol. The van der Waals surface area contributed by atoms with Gasteiger partial charge >= 0.3 is 0 Å². The Morgan fingerprint density at radius 2 is 2.05 bits per heavy atom. The lowest BCUT2D eigenvalue weighted by Crippen LogP contribution is -2.44. The van der Waals surface area contributed by atoms with Crippen LogP contribution in [0.15, 0.2) is 4.99 Å². The highest BCUT2D eigenvalue weighted by molar-refractivity contribution is 14.0. The van der Waals surface area contributed by atoms with Gasteiger partial charge in [0.2, 0.25) is 5.91 Å². The number of aliphatic hydroxyl groups excluding tert-OH is 1. The van der Waals surface area contributed by atoms with Gasteiger partial charge in [0.05, 0.1) is 6.10 Å². The molecule has 0 aromatic carbocycles. The molecule has 1 heterocycles. The third kappa shape index (κ3) is 6.82. The van der Waals surface area contributed by atoms with Crippen molar-refractivity contribution in [2.24, 2.45) is 10.9 Å². The standard InChI is InChI=1S/C14H28N4O2.HI/c1-10(2)16-14(15-8-13(20)17(4)5)18-7-6-12(9-18)11(3)19;/h10-12,19H,6-9H2,1-5H3,(H,15,16);1H. The quantitative estimate of drug-likeness (QED) is 0.406. The Morgan fingerprint density at radius 1 is 1.43 bits per heavy atom. The van der Waals surface area contributed by atoms with Crippen molar-refractivity contribution in [3.8, 4) is 0 Å². The summed E-state index contributed by atoms with van der Waals surface area (Å²) in [6.45, 7) is 7.72. The average molecular weight is 412 g/mol. The van der Waals surface area contributed by atoms with E-state index in [4.69, 9.17) is 0 Å². The molecule has 6 nitrogen and oxygen atoms in total. The zero-order chi connectivity index (χ0) is 15.3. The van der Waals surface area contributed by atoms with E-state index < -0.39 is 0 Å². The Labute approximate surface area is 145 Å². The normalized spacial score (nSPS) is 20.2. The molecule has 21 heavy (non-hydrogen) atoms. The minimum absolute atomic E-state index is 0. The monoisotopic (exact) mass is 412 g/mol. The number of hydrogen-bond acceptors (Lipinski definition) is 3. The van der Waals surface area contributed by atoms with E-state index in [1.54, 1.807) is 19.0 Å². The molecule has 0 radical (unpaired) electrons. The number of rotatable bonds is 4. The van der Waals surface area contributed by atoms with Crippen LogP contribution in [-0.4, -0.2) is 72.6 Å². The molecule has 124 valence electrons. The van der Waals surface area contributed by atoms with Crippen molar-refractivity contribution in [1.29, 1.82) is 0 Å². The maximum Gasteiger partial charge on any atom is 0.243 e. The van der Waals surface area contributed by atoms with E-state index >= 15 is 0 Å². The molecule has 0 bridgehead atoms. The first-order chi connectivity index (χ1) is 9.31. The summed E-state index contributed by atoms with van der Waals surface area (Å²) < 4.78 is 0. The summed E-state index contributed by atoms with van der Waals surface area (Å²) in [6.07, 6.45) is 0.654. The van der Waals surface area contributed by atoms with E-state index in [1.807, 2.05) is 20.8 Å². The summed E-state index contributed by atoms with van der Waals surface area (Å²) in [7, 11) is 3.46. The molecule has 1 aliphatic rings. The van der Waals surface area contributed by atoms with Crippen LogP contribution < -0.4 is 5.32 Å². The highest BCUT2D eigenvalue weighted by atomic mass is 127. The lowest BCUT2D eigenvalue weighted by Gasteiger charge is -2.24. The number of amides is 1. The maximum absolute atomic E-state index is 11.7. The third-order valence-electron chi connectivity index (χ3n) is 3.49. The average Bonchev–Trinajstić information content (AvgIpc) is 2.82. The number of nitrogens with one attached hydrogen (secondary N) is 1. The van der Waals surface area contributed by atoms with Crippen LogP contribution in [0.25, 0.3) is 0 Å². The fourth-order valence-corrected chi connectivity index (χ4v) is 2.15. The second-order valence-electron chi connectivity index (χ2n) is 5.96. The third-order valence-corrected chi connectivity index (χ3v) is 3.49. The van der Waals surface area contributed by atoms with Gasteiger partial charge in [-0.25, -0.2) is 4.99 Å². The van der Waals surface area contributed by atoms with Crippen molar-refractivity contribution < 1.29 is 9.90 Å². The van der Waals surface area contributed by atoms with Crippen LogP contribution in [0.2, 0.25) is 0 Å². The van der Waals surface area contributed by atoms with Gasteiger partial charge in [-0.15, -0.1) is 24.0 Å². The number of hydrogen-bond donors (Lipinski definition) is 2. The van der Waals surface area contributed by atoms with Crippen molar-refractivity contribution in [2.45, 2.75) is 39.3 Å². The maximum atomic E-state index is 11.7. The Hall–Kier alpha value is -0.570. The number of carbonyl (C=O) groups excluding carboxylic acids is 1. The van der Waals surface area contributed by atoms with Crippen LogP contribution in [0.1, 0.15) is 27.2 Å². The van der Waals surface area contributed by atoms with E-state index in [-0.39, 0.29) is 54.5 Å². The minimum atomic E-state index is -0.302. The SMILES string of the molecule is CC(C)NC(=NCC(=O)N(C)C)N1CCC(C(C)O)C1.I. The second-order valence-corrected chi connectivity index (χ2v) is 5.96. The number of aliphatic imine (C=N–C) groups is 1. The van der Waals surface area contributed by atoms with Gasteiger partial charge in [0, 0.05) is 39.1 Å². The Balaban J connectivity index is 0.00000400. The van der Waals surface area contributed by atoms with Crippen LogP contribution >= 0.6 is 24.0 Å². The van der Waals surface area contributed by atoms with Crippen LogP contribution in [0.4, 0.5) is 0 Å². The van der Waals surface area contributed by atoms with Crippen LogP contribution in [0, 0.1) is 5.92 Å². The summed E-state index contributed by atoms with van der Waals surface area (Å²) in [6, 6.07) is 0.258. The van der Waals surface area contributed by atoms with Gasteiger partial charge in [-0.2, -0.15) is 0 Å². The van der Waals surface area contributed by atoms with Crippen LogP contribution in [0.5, 0.6) is 0 Å². The molecule has 2 N–H and O–H groups in total. The van der Waals surface area contributed by atoms with Gasteiger partial charge in [-0.1, -0.05) is 0 Å². The second kappa shape index (κ2) is 9.45. The smallest absolute Gasteiger partial charge is 0.243 e. The van der Waals surface area contributed by atoms with Crippen molar-refractivity contribution in [1.82, 2.24) is 15.1 Å². The van der Waals surface area contributed by atoms with Gasteiger partial charge in [0.25, 0.3) is 0 Å². The largest absolute Gasteiger partial charge is 0.393 e. The van der Waals surface area contributed by atoms with E-state index in [1.165, 1.54) is 0 Å². The number of nitrogens with zero attached hydrogens (tertiary/aromatic N) is 3. The molecule has 0 aromatic rings. The van der Waals surface area contributed by atoms with Gasteiger partial charge in [-0.3, -0.25) is 4.79 Å². The molecule has 1 saturated heterocycles. The number of likely N-dealkylation sites (N-methyl/N-ethyl adjacent to an activating group) is 1. The Bertz CT molecular complexity index is 359. The van der Waals surface area contributed by atoms with Crippen molar-refractivity contribution in [3.63, 3.8) is 0 Å². The Morgan fingerprint density at radius 3 is 2.48 bits per heavy atom. The fourth-order valence-electron chi connectivity index (χ4n) is 2.15. The first-order valence-corrected chi connectivity index (χ1v) is 7.25. The predicted molar refractivity (Wildman–Crippen MR) is 96.0 cm³/mol. The fraction of sp³-hybridized carbons (Fsp3) is 0.857. The summed E-state index contributed by atoms with van der Waals surface area (Å²) in [5.41, 5.74) is 0. The lowest BCUT2D eigenvalue weighted by molar-refractivity contribution is -0.127. The summed E-state index contributed by atoms with van der Waals surface area (Å²) in [5.74, 6) is 1.02. The van der Waals surface area contributed by atoms with Crippen LogP contribution in [-0.2, 0) is 4.79 Å². The molecule has 2 atom stereocenters. The van der Waals surface area contributed by atoms with E-state index in [0.717, 1.165) is 25.5 Å². The zero-order valence-electron chi connectivity index (χ0n) is 13.7. The lowest BCUT2D eigenvalue weighted by atomic mass is 10.0. The topological polar surface area (TPSA) is 68.2 Å². The minimum Gasteiger partial charge on any atom is -0.393 e. The molecular formula is C14H29IN4O2. The number of halogens is 1. The summed E-state index contributed by atoms with van der Waals surface area (Å²) in [5, 5.41) is 13.0. The van der Waals surface area contributed by atoms with Crippen LogP contribution in [0.3, 0.4) is 0 Å². The molecule has 0 aromatic heterocycles. The zero-order valence-corrected chi connectivity index (χ0v) is 16.0. The molecule has 2 unspecified atom stereocenters. The number of aliphatic hydroxyl groups is 1. The van der Waals surface area contributed by atoms with Crippen molar-refractivity contribution in [3.05, 3.63) is 0 Å². The highest BCUT2D eigenvalue weighted by Gasteiger charge is 2.28. The van der Waals surface area contributed by atoms with Gasteiger partial charge in [0.1, 0.15) is 6.54 Å².